The minimum Gasteiger partial charge on any atom is -0.444 e. The van der Waals surface area contributed by atoms with Crippen LogP contribution >= 0.6 is 0 Å². The van der Waals surface area contributed by atoms with Gasteiger partial charge in [0.25, 0.3) is 0 Å². The summed E-state index contributed by atoms with van der Waals surface area (Å²) in [5, 5.41) is 8.48. The molecule has 0 saturated carbocycles. The van der Waals surface area contributed by atoms with Gasteiger partial charge >= 0.3 is 6.09 Å². The molecule has 1 N–H and O–H groups in total. The molecule has 0 spiro atoms. The largest absolute Gasteiger partial charge is 0.444 e. The number of benzene rings is 2. The van der Waals surface area contributed by atoms with Gasteiger partial charge in [-0.1, -0.05) is 37.3 Å². The van der Waals surface area contributed by atoms with E-state index in [4.69, 9.17) is 4.74 Å². The van der Waals surface area contributed by atoms with E-state index in [1.807, 2.05) is 31.9 Å². The summed E-state index contributed by atoms with van der Waals surface area (Å²) in [7, 11) is 0. The van der Waals surface area contributed by atoms with Crippen LogP contribution in [0.3, 0.4) is 0 Å². The zero-order valence-corrected chi connectivity index (χ0v) is 24.1. The first-order valence-corrected chi connectivity index (χ1v) is 14.5. The lowest BCUT2D eigenvalue weighted by Gasteiger charge is -2.41. The Morgan fingerprint density at radius 3 is 2.46 bits per heavy atom. The topological polar surface area (TPSA) is 62.6 Å². The van der Waals surface area contributed by atoms with Crippen molar-refractivity contribution in [3.63, 3.8) is 0 Å². The highest BCUT2D eigenvalue weighted by Gasteiger charge is 2.30. The molecule has 2 aliphatic heterocycles. The summed E-state index contributed by atoms with van der Waals surface area (Å²) in [5.74, 6) is 0. The minimum atomic E-state index is -0.467. The standard InChI is InChI=1S/C32H43N5O2/c1-6-17-36-23(2)20-29(28-9-7-8-10-30(28)36)34-26-13-11-24(12-14-26)25-21-33-37(22-25)27-15-18-35(19-16-27)31(38)39-32(3,4)5/h7-14,21-23,27,29,34H,6,15-20H2,1-5H3/t23-,29+/m0/s1. The van der Waals surface area contributed by atoms with E-state index in [1.165, 1.54) is 11.3 Å². The number of hydrogen-bond donors (Lipinski definition) is 1. The fraction of sp³-hybridized carbons (Fsp3) is 0.500. The van der Waals surface area contributed by atoms with E-state index in [0.717, 1.165) is 49.0 Å². The number of nitrogens with one attached hydrogen (secondary N) is 1. The molecule has 2 aliphatic rings. The number of amides is 1. The van der Waals surface area contributed by atoms with Crippen LogP contribution in [0.15, 0.2) is 60.9 Å². The number of carbonyl (C=O) groups excluding carboxylic acids is 1. The Bertz CT molecular complexity index is 1250. The van der Waals surface area contributed by atoms with Gasteiger partial charge in [-0.3, -0.25) is 4.68 Å². The number of para-hydroxylation sites is 1. The number of fused-ring (bicyclic) bond motifs is 1. The molecule has 1 aromatic heterocycles. The van der Waals surface area contributed by atoms with Crippen molar-refractivity contribution >= 4 is 17.5 Å². The van der Waals surface area contributed by atoms with E-state index in [1.54, 1.807) is 0 Å². The fourth-order valence-corrected chi connectivity index (χ4v) is 5.88. The quantitative estimate of drug-likeness (QED) is 0.363. The number of nitrogens with zero attached hydrogens (tertiary/aromatic N) is 4. The summed E-state index contributed by atoms with van der Waals surface area (Å²) < 4.78 is 7.60. The highest BCUT2D eigenvalue weighted by Crippen LogP contribution is 2.39. The average molecular weight is 530 g/mol. The van der Waals surface area contributed by atoms with E-state index in [9.17, 15) is 4.79 Å². The van der Waals surface area contributed by atoms with Gasteiger partial charge in [0.2, 0.25) is 0 Å². The zero-order valence-electron chi connectivity index (χ0n) is 24.1. The van der Waals surface area contributed by atoms with Crippen LogP contribution in [0.2, 0.25) is 0 Å². The Balaban J connectivity index is 1.21. The van der Waals surface area contributed by atoms with E-state index >= 15 is 0 Å². The van der Waals surface area contributed by atoms with Crippen LogP contribution in [0, 0.1) is 0 Å². The Morgan fingerprint density at radius 1 is 1.05 bits per heavy atom. The van der Waals surface area contributed by atoms with Gasteiger partial charge < -0.3 is 19.9 Å². The third-order valence-corrected chi connectivity index (χ3v) is 7.85. The number of aromatic nitrogens is 2. The first kappa shape index (κ1) is 27.1. The molecular formula is C32H43N5O2. The second-order valence-corrected chi connectivity index (χ2v) is 12.0. The van der Waals surface area contributed by atoms with Crippen molar-refractivity contribution in [3.05, 3.63) is 66.5 Å². The molecule has 0 radical (unpaired) electrons. The van der Waals surface area contributed by atoms with Crippen molar-refractivity contribution in [2.45, 2.75) is 84.0 Å². The maximum Gasteiger partial charge on any atom is 0.410 e. The number of likely N-dealkylation sites (tertiary alicyclic amines) is 1. The van der Waals surface area contributed by atoms with Crippen molar-refractivity contribution in [3.8, 4) is 11.1 Å². The van der Waals surface area contributed by atoms with Crippen molar-refractivity contribution in [1.29, 1.82) is 0 Å². The van der Waals surface area contributed by atoms with E-state index in [0.29, 0.717) is 31.2 Å². The summed E-state index contributed by atoms with van der Waals surface area (Å²) in [6.45, 7) is 12.8. The first-order valence-electron chi connectivity index (χ1n) is 14.5. The summed E-state index contributed by atoms with van der Waals surface area (Å²) >= 11 is 0. The predicted molar refractivity (Wildman–Crippen MR) is 158 cm³/mol. The summed E-state index contributed by atoms with van der Waals surface area (Å²) in [6.07, 6.45) is 7.85. The van der Waals surface area contributed by atoms with Gasteiger partial charge in [0.15, 0.2) is 0 Å². The van der Waals surface area contributed by atoms with Gasteiger partial charge in [-0.15, -0.1) is 0 Å². The summed E-state index contributed by atoms with van der Waals surface area (Å²) in [5.41, 5.74) is 5.68. The van der Waals surface area contributed by atoms with Crippen molar-refractivity contribution in [2.24, 2.45) is 0 Å². The lowest BCUT2D eigenvalue weighted by atomic mass is 9.91. The number of piperidine rings is 1. The molecule has 5 rings (SSSR count). The van der Waals surface area contributed by atoms with Crippen molar-refractivity contribution < 1.29 is 9.53 Å². The Hall–Kier alpha value is -3.48. The number of ether oxygens (including phenoxy) is 1. The molecule has 0 bridgehead atoms. The third kappa shape index (κ3) is 6.23. The number of hydrogen-bond acceptors (Lipinski definition) is 5. The van der Waals surface area contributed by atoms with Crippen molar-refractivity contribution in [2.75, 3.05) is 29.9 Å². The van der Waals surface area contributed by atoms with Crippen molar-refractivity contribution in [1.82, 2.24) is 14.7 Å². The van der Waals surface area contributed by atoms with Crippen LogP contribution in [-0.2, 0) is 4.74 Å². The molecular weight excluding hydrogens is 486 g/mol. The van der Waals surface area contributed by atoms with E-state index in [2.05, 4.69) is 88.6 Å². The van der Waals surface area contributed by atoms with Crippen LogP contribution in [0.1, 0.15) is 77.9 Å². The lowest BCUT2D eigenvalue weighted by molar-refractivity contribution is 0.0185. The highest BCUT2D eigenvalue weighted by molar-refractivity contribution is 5.68. The molecule has 3 heterocycles. The van der Waals surface area contributed by atoms with Crippen LogP contribution in [0.4, 0.5) is 16.2 Å². The summed E-state index contributed by atoms with van der Waals surface area (Å²) in [4.78, 5) is 16.8. The smallest absolute Gasteiger partial charge is 0.410 e. The Morgan fingerprint density at radius 2 is 1.77 bits per heavy atom. The zero-order chi connectivity index (χ0) is 27.6. The average Bonchev–Trinajstić information content (AvgIpc) is 3.41. The molecule has 3 aromatic rings. The highest BCUT2D eigenvalue weighted by atomic mass is 16.6. The number of carbonyl (C=O) groups is 1. The monoisotopic (exact) mass is 529 g/mol. The first-order chi connectivity index (χ1) is 18.7. The second kappa shape index (κ2) is 11.3. The summed E-state index contributed by atoms with van der Waals surface area (Å²) in [6, 6.07) is 18.6. The predicted octanol–water partition coefficient (Wildman–Crippen LogP) is 7.28. The number of rotatable bonds is 6. The molecule has 2 aromatic carbocycles. The minimum absolute atomic E-state index is 0.222. The SMILES string of the molecule is CCCN1c2ccccc2[C@H](Nc2ccc(-c3cnn(C4CCN(C(=O)OC(C)(C)C)CC4)c3)cc2)C[C@@H]1C. The molecule has 1 amide bonds. The van der Waals surface area contributed by atoms with E-state index < -0.39 is 5.60 Å². The molecule has 1 saturated heterocycles. The maximum atomic E-state index is 12.4. The van der Waals surface area contributed by atoms with Crippen LogP contribution in [0.5, 0.6) is 0 Å². The third-order valence-electron chi connectivity index (χ3n) is 7.85. The molecule has 208 valence electrons. The molecule has 2 atom stereocenters. The molecule has 39 heavy (non-hydrogen) atoms. The van der Waals surface area contributed by atoms with Crippen LogP contribution in [-0.4, -0.2) is 52.1 Å². The molecule has 0 aliphatic carbocycles. The van der Waals surface area contributed by atoms with Gasteiger partial charge in [0, 0.05) is 48.8 Å². The normalized spacial score (nSPS) is 20.0. The van der Waals surface area contributed by atoms with Gasteiger partial charge in [-0.05, 0) is 82.7 Å². The molecule has 1 fully saturated rings. The van der Waals surface area contributed by atoms with Gasteiger partial charge in [0.05, 0.1) is 18.3 Å². The van der Waals surface area contributed by atoms with Gasteiger partial charge in [0.1, 0.15) is 5.60 Å². The van der Waals surface area contributed by atoms with Crippen LogP contribution < -0.4 is 10.2 Å². The maximum absolute atomic E-state index is 12.4. The lowest BCUT2D eigenvalue weighted by Crippen LogP contribution is -2.42. The molecule has 7 heteroatoms. The van der Waals surface area contributed by atoms with Crippen LogP contribution in [0.25, 0.3) is 11.1 Å². The van der Waals surface area contributed by atoms with Gasteiger partial charge in [-0.2, -0.15) is 5.10 Å². The Kier molecular flexibility index (Phi) is 7.87. The second-order valence-electron chi connectivity index (χ2n) is 12.0. The number of anilines is 2. The fourth-order valence-electron chi connectivity index (χ4n) is 5.88. The molecule has 0 unspecified atom stereocenters. The van der Waals surface area contributed by atoms with E-state index in [-0.39, 0.29) is 6.09 Å². The Labute approximate surface area is 233 Å². The van der Waals surface area contributed by atoms with Gasteiger partial charge in [-0.25, -0.2) is 4.79 Å². The molecule has 7 nitrogen and oxygen atoms in total.